The Hall–Kier alpha value is -0.840. The maximum absolute atomic E-state index is 8.99. The highest BCUT2D eigenvalue weighted by atomic mass is 79.9. The number of benzene rings is 1. The minimum Gasteiger partial charge on any atom is -0.464 e. The van der Waals surface area contributed by atoms with Gasteiger partial charge in [-0.3, -0.25) is 0 Å². The molecule has 1 unspecified atom stereocenters. The van der Waals surface area contributed by atoms with Crippen LogP contribution in [0, 0.1) is 0 Å². The van der Waals surface area contributed by atoms with E-state index in [2.05, 4.69) is 15.9 Å². The van der Waals surface area contributed by atoms with Crippen LogP contribution in [0.2, 0.25) is 0 Å². The summed E-state index contributed by atoms with van der Waals surface area (Å²) in [5.41, 5.74) is 7.32. The minimum atomic E-state index is -0.402. The summed E-state index contributed by atoms with van der Waals surface area (Å²) in [5.74, 6) is 0. The van der Waals surface area contributed by atoms with Gasteiger partial charge in [-0.05, 0) is 18.2 Å². The van der Waals surface area contributed by atoms with Crippen LogP contribution in [-0.2, 0) is 0 Å². The Morgan fingerprint density at radius 2 is 2.29 bits per heavy atom. The lowest BCUT2D eigenvalue weighted by molar-refractivity contribution is 0.268. The maximum Gasteiger partial charge on any atom is 0.138 e. The smallest absolute Gasteiger partial charge is 0.138 e. The number of halogens is 1. The molecule has 0 radical (unpaired) electrons. The fourth-order valence-electron chi connectivity index (χ4n) is 1.45. The standard InChI is InChI=1S/C10H10BrNO2/c11-7-3-6-1-2-14-10(6)8(4-7)9(12)5-13/h1-4,9,13H,5,12H2. The van der Waals surface area contributed by atoms with Crippen LogP contribution in [0.5, 0.6) is 0 Å². The van der Waals surface area contributed by atoms with Gasteiger partial charge < -0.3 is 15.3 Å². The Bertz CT molecular complexity index is 452. The van der Waals surface area contributed by atoms with Gasteiger partial charge in [0.1, 0.15) is 5.58 Å². The van der Waals surface area contributed by atoms with Gasteiger partial charge in [-0.25, -0.2) is 0 Å². The third kappa shape index (κ3) is 1.56. The first-order chi connectivity index (χ1) is 6.72. The fourth-order valence-corrected chi connectivity index (χ4v) is 1.94. The first-order valence-corrected chi connectivity index (χ1v) is 5.05. The van der Waals surface area contributed by atoms with Gasteiger partial charge in [0.25, 0.3) is 0 Å². The molecule has 0 aliphatic carbocycles. The number of hydrogen-bond donors (Lipinski definition) is 2. The molecule has 2 aromatic rings. The average molecular weight is 256 g/mol. The molecule has 3 nitrogen and oxygen atoms in total. The topological polar surface area (TPSA) is 59.4 Å². The second-order valence-electron chi connectivity index (χ2n) is 3.12. The predicted molar refractivity (Wildman–Crippen MR) is 57.9 cm³/mol. The Morgan fingerprint density at radius 1 is 1.50 bits per heavy atom. The van der Waals surface area contributed by atoms with E-state index in [1.807, 2.05) is 18.2 Å². The van der Waals surface area contributed by atoms with Crippen LogP contribution in [0.3, 0.4) is 0 Å². The summed E-state index contributed by atoms with van der Waals surface area (Å²) in [6.45, 7) is -0.0910. The van der Waals surface area contributed by atoms with Gasteiger partial charge >= 0.3 is 0 Å². The van der Waals surface area contributed by atoms with Crippen molar-refractivity contribution in [1.82, 2.24) is 0 Å². The van der Waals surface area contributed by atoms with Crippen molar-refractivity contribution in [3.63, 3.8) is 0 Å². The van der Waals surface area contributed by atoms with E-state index in [0.717, 1.165) is 21.0 Å². The van der Waals surface area contributed by atoms with E-state index in [1.165, 1.54) is 0 Å². The summed E-state index contributed by atoms with van der Waals surface area (Å²) in [5, 5.41) is 9.98. The van der Waals surface area contributed by atoms with E-state index in [9.17, 15) is 0 Å². The summed E-state index contributed by atoms with van der Waals surface area (Å²) >= 11 is 3.39. The molecular formula is C10H10BrNO2. The molecule has 0 aliphatic rings. The second kappa shape index (κ2) is 3.73. The minimum absolute atomic E-state index is 0.0910. The van der Waals surface area contributed by atoms with Crippen molar-refractivity contribution in [1.29, 1.82) is 0 Å². The van der Waals surface area contributed by atoms with Crippen molar-refractivity contribution in [2.45, 2.75) is 6.04 Å². The van der Waals surface area contributed by atoms with E-state index < -0.39 is 6.04 Å². The molecule has 3 N–H and O–H groups in total. The molecule has 1 aromatic carbocycles. The van der Waals surface area contributed by atoms with Crippen LogP contribution >= 0.6 is 15.9 Å². The van der Waals surface area contributed by atoms with Gasteiger partial charge in [0.2, 0.25) is 0 Å². The summed E-state index contributed by atoms with van der Waals surface area (Å²) in [6, 6.07) is 5.29. The van der Waals surface area contributed by atoms with Gasteiger partial charge in [-0.15, -0.1) is 0 Å². The van der Waals surface area contributed by atoms with Crippen LogP contribution in [-0.4, -0.2) is 11.7 Å². The molecule has 2 rings (SSSR count). The molecule has 0 saturated heterocycles. The third-order valence-corrected chi connectivity index (χ3v) is 2.60. The predicted octanol–water partition coefficient (Wildman–Crippen LogP) is 2.19. The van der Waals surface area contributed by atoms with Gasteiger partial charge in [-0.2, -0.15) is 0 Å². The normalized spacial score (nSPS) is 13.4. The van der Waals surface area contributed by atoms with Crippen molar-refractivity contribution in [3.8, 4) is 0 Å². The zero-order valence-electron chi connectivity index (χ0n) is 7.40. The van der Waals surface area contributed by atoms with Crippen molar-refractivity contribution < 1.29 is 9.52 Å². The van der Waals surface area contributed by atoms with Crippen molar-refractivity contribution in [3.05, 3.63) is 34.5 Å². The molecule has 1 aromatic heterocycles. The molecule has 0 bridgehead atoms. The van der Waals surface area contributed by atoms with E-state index in [4.69, 9.17) is 15.3 Å². The summed E-state index contributed by atoms with van der Waals surface area (Å²) in [7, 11) is 0. The number of nitrogens with two attached hydrogens (primary N) is 1. The first-order valence-electron chi connectivity index (χ1n) is 4.25. The number of fused-ring (bicyclic) bond motifs is 1. The average Bonchev–Trinajstić information content (AvgIpc) is 2.62. The van der Waals surface area contributed by atoms with Gasteiger partial charge in [-0.1, -0.05) is 15.9 Å². The number of aliphatic hydroxyl groups excluding tert-OH is 1. The SMILES string of the molecule is NC(CO)c1cc(Br)cc2ccoc12. The summed E-state index contributed by atoms with van der Waals surface area (Å²) in [4.78, 5) is 0. The summed E-state index contributed by atoms with van der Waals surface area (Å²) < 4.78 is 6.25. The highest BCUT2D eigenvalue weighted by Gasteiger charge is 2.12. The molecule has 1 atom stereocenters. The molecule has 4 heteroatoms. The Kier molecular flexibility index (Phi) is 2.58. The monoisotopic (exact) mass is 255 g/mol. The highest BCUT2D eigenvalue weighted by Crippen LogP contribution is 2.28. The molecule has 74 valence electrons. The Morgan fingerprint density at radius 3 is 3.00 bits per heavy atom. The van der Waals surface area contributed by atoms with E-state index in [1.54, 1.807) is 6.26 Å². The molecule has 0 amide bonds. The lowest BCUT2D eigenvalue weighted by Crippen LogP contribution is -2.14. The molecule has 1 heterocycles. The largest absolute Gasteiger partial charge is 0.464 e. The van der Waals surface area contributed by atoms with Gasteiger partial charge in [0.15, 0.2) is 0 Å². The molecule has 0 aliphatic heterocycles. The highest BCUT2D eigenvalue weighted by molar-refractivity contribution is 9.10. The van der Waals surface area contributed by atoms with E-state index in [0.29, 0.717) is 0 Å². The first kappa shape index (κ1) is 9.71. The zero-order chi connectivity index (χ0) is 10.1. The van der Waals surface area contributed by atoms with Crippen LogP contribution < -0.4 is 5.73 Å². The molecule has 0 fully saturated rings. The van der Waals surface area contributed by atoms with Crippen LogP contribution in [0.25, 0.3) is 11.0 Å². The van der Waals surface area contributed by atoms with Crippen molar-refractivity contribution in [2.75, 3.05) is 6.61 Å². The van der Waals surface area contributed by atoms with Crippen LogP contribution in [0.4, 0.5) is 0 Å². The number of furan rings is 1. The van der Waals surface area contributed by atoms with E-state index in [-0.39, 0.29) is 6.61 Å². The van der Waals surface area contributed by atoms with Crippen LogP contribution in [0.1, 0.15) is 11.6 Å². The second-order valence-corrected chi connectivity index (χ2v) is 4.04. The van der Waals surface area contributed by atoms with Crippen LogP contribution in [0.15, 0.2) is 33.4 Å². The molecule has 0 saturated carbocycles. The fraction of sp³-hybridized carbons (Fsp3) is 0.200. The molecular weight excluding hydrogens is 246 g/mol. The van der Waals surface area contributed by atoms with Gasteiger partial charge in [0, 0.05) is 15.4 Å². The number of hydrogen-bond acceptors (Lipinski definition) is 3. The zero-order valence-corrected chi connectivity index (χ0v) is 8.99. The maximum atomic E-state index is 8.99. The molecule has 14 heavy (non-hydrogen) atoms. The molecule has 0 spiro atoms. The quantitative estimate of drug-likeness (QED) is 0.865. The number of rotatable bonds is 2. The Labute approximate surface area is 89.6 Å². The lowest BCUT2D eigenvalue weighted by atomic mass is 10.1. The van der Waals surface area contributed by atoms with Crippen molar-refractivity contribution in [2.24, 2.45) is 5.73 Å². The van der Waals surface area contributed by atoms with Crippen molar-refractivity contribution >= 4 is 26.9 Å². The third-order valence-electron chi connectivity index (χ3n) is 2.14. The van der Waals surface area contributed by atoms with Gasteiger partial charge in [0.05, 0.1) is 18.9 Å². The Balaban J connectivity index is 2.66. The number of aliphatic hydroxyl groups is 1. The van der Waals surface area contributed by atoms with E-state index >= 15 is 0 Å². The lowest BCUT2D eigenvalue weighted by Gasteiger charge is -2.09. The summed E-state index contributed by atoms with van der Waals surface area (Å²) in [6.07, 6.45) is 1.62.